The summed E-state index contributed by atoms with van der Waals surface area (Å²) in [5.41, 5.74) is 2.13. The molecule has 0 saturated carbocycles. The van der Waals surface area contributed by atoms with Crippen molar-refractivity contribution in [3.05, 3.63) is 65.2 Å². The summed E-state index contributed by atoms with van der Waals surface area (Å²) in [7, 11) is 0. The van der Waals surface area contributed by atoms with E-state index in [9.17, 15) is 4.79 Å². The van der Waals surface area contributed by atoms with Crippen molar-refractivity contribution in [1.29, 1.82) is 0 Å². The first-order valence-electron chi connectivity index (χ1n) is 6.63. The van der Waals surface area contributed by atoms with Crippen LogP contribution in [-0.4, -0.2) is 23.0 Å². The Balaban J connectivity index is 2.29. The van der Waals surface area contributed by atoms with E-state index in [-0.39, 0.29) is 17.8 Å². The fourth-order valence-electron chi connectivity index (χ4n) is 2.24. The lowest BCUT2D eigenvalue weighted by Gasteiger charge is -2.26. The topological polar surface area (TPSA) is 66.8 Å². The first-order valence-corrected chi connectivity index (χ1v) is 6.63. The average molecular weight is 286 g/mol. The van der Waals surface area contributed by atoms with Gasteiger partial charge < -0.3 is 14.9 Å². The zero-order chi connectivity index (χ0) is 15.5. The van der Waals surface area contributed by atoms with Gasteiger partial charge in [0.15, 0.2) is 6.79 Å². The molecule has 0 heterocycles. The van der Waals surface area contributed by atoms with Crippen molar-refractivity contribution in [3.63, 3.8) is 0 Å². The maximum Gasteiger partial charge on any atom is 0.335 e. The first-order chi connectivity index (χ1) is 9.95. The number of ether oxygens (including phenoxy) is 1. The van der Waals surface area contributed by atoms with Gasteiger partial charge in [-0.2, -0.15) is 0 Å². The second-order valence-corrected chi connectivity index (χ2v) is 5.31. The fraction of sp³-hybridized carbons (Fsp3) is 0.235. The van der Waals surface area contributed by atoms with Gasteiger partial charge in [0.05, 0.1) is 5.56 Å². The normalized spacial score (nSPS) is 11.2. The van der Waals surface area contributed by atoms with Gasteiger partial charge in [0.2, 0.25) is 0 Å². The zero-order valence-electron chi connectivity index (χ0n) is 12.0. The molecular weight excluding hydrogens is 268 g/mol. The van der Waals surface area contributed by atoms with Crippen molar-refractivity contribution in [3.8, 4) is 5.75 Å². The molecule has 0 aromatic heterocycles. The molecule has 2 N–H and O–H groups in total. The third-order valence-electron chi connectivity index (χ3n) is 3.66. The lowest BCUT2D eigenvalue weighted by Crippen LogP contribution is -2.19. The monoisotopic (exact) mass is 286 g/mol. The van der Waals surface area contributed by atoms with Crippen LogP contribution in [0, 0.1) is 0 Å². The summed E-state index contributed by atoms with van der Waals surface area (Å²) >= 11 is 0. The molecule has 21 heavy (non-hydrogen) atoms. The third kappa shape index (κ3) is 3.23. The van der Waals surface area contributed by atoms with Crippen LogP contribution in [0.15, 0.2) is 48.5 Å². The number of aliphatic hydroxyl groups excluding tert-OH is 1. The minimum absolute atomic E-state index is 0.255. The number of aromatic carboxylic acids is 1. The van der Waals surface area contributed by atoms with Crippen molar-refractivity contribution in [2.24, 2.45) is 0 Å². The zero-order valence-corrected chi connectivity index (χ0v) is 12.0. The number of carboxylic acids is 1. The molecule has 0 atom stereocenters. The van der Waals surface area contributed by atoms with E-state index in [2.05, 4.69) is 13.8 Å². The van der Waals surface area contributed by atoms with E-state index >= 15 is 0 Å². The summed E-state index contributed by atoms with van der Waals surface area (Å²) in [5, 5.41) is 17.7. The van der Waals surface area contributed by atoms with Crippen molar-refractivity contribution < 1.29 is 19.7 Å². The predicted octanol–water partition coefficient (Wildman–Crippen LogP) is 3.04. The Morgan fingerprint density at radius 2 is 1.48 bits per heavy atom. The molecule has 2 aromatic carbocycles. The highest BCUT2D eigenvalue weighted by Crippen LogP contribution is 2.32. The van der Waals surface area contributed by atoms with Crippen LogP contribution in [-0.2, 0) is 5.41 Å². The van der Waals surface area contributed by atoms with Gasteiger partial charge in [-0.15, -0.1) is 0 Å². The Morgan fingerprint density at radius 3 is 1.90 bits per heavy atom. The van der Waals surface area contributed by atoms with E-state index in [1.807, 2.05) is 24.3 Å². The average Bonchev–Trinajstić information content (AvgIpc) is 2.48. The van der Waals surface area contributed by atoms with E-state index in [0.717, 1.165) is 11.1 Å². The molecule has 110 valence electrons. The molecule has 2 rings (SSSR count). The molecule has 0 aliphatic rings. The number of aliphatic hydroxyl groups is 1. The standard InChI is InChI=1S/C17H18O4/c1-17(2,13-5-3-12(4-6-13)16(19)20)14-7-9-15(10-8-14)21-11-18/h3-10,18H,11H2,1-2H3,(H,19,20). The van der Waals surface area contributed by atoms with Gasteiger partial charge in [-0.05, 0) is 35.4 Å². The molecule has 0 fully saturated rings. The molecule has 4 nitrogen and oxygen atoms in total. The Bertz CT molecular complexity index is 612. The third-order valence-corrected chi connectivity index (χ3v) is 3.66. The van der Waals surface area contributed by atoms with Crippen molar-refractivity contribution in [2.45, 2.75) is 19.3 Å². The Morgan fingerprint density at radius 1 is 1.00 bits per heavy atom. The van der Waals surface area contributed by atoms with Crippen molar-refractivity contribution >= 4 is 5.97 Å². The molecular formula is C17H18O4. The number of rotatable bonds is 5. The number of hydrogen-bond donors (Lipinski definition) is 2. The second kappa shape index (κ2) is 5.97. The second-order valence-electron chi connectivity index (χ2n) is 5.31. The number of benzene rings is 2. The highest BCUT2D eigenvalue weighted by atomic mass is 16.6. The molecule has 0 radical (unpaired) electrons. The maximum atomic E-state index is 10.9. The minimum Gasteiger partial charge on any atom is -0.478 e. The quantitative estimate of drug-likeness (QED) is 0.829. The predicted molar refractivity (Wildman–Crippen MR) is 79.7 cm³/mol. The molecule has 0 amide bonds. The van der Waals surface area contributed by atoms with Gasteiger partial charge in [-0.1, -0.05) is 38.1 Å². The van der Waals surface area contributed by atoms with Crippen LogP contribution in [0.2, 0.25) is 0 Å². The number of carbonyl (C=O) groups is 1. The lowest BCUT2D eigenvalue weighted by atomic mass is 9.78. The van der Waals surface area contributed by atoms with Gasteiger partial charge in [-0.3, -0.25) is 0 Å². The largest absolute Gasteiger partial charge is 0.478 e. The molecule has 0 bridgehead atoms. The van der Waals surface area contributed by atoms with Gasteiger partial charge in [0, 0.05) is 5.41 Å². The number of hydrogen-bond acceptors (Lipinski definition) is 3. The lowest BCUT2D eigenvalue weighted by molar-refractivity contribution is 0.0696. The van der Waals surface area contributed by atoms with Crippen LogP contribution < -0.4 is 4.74 Å². The highest BCUT2D eigenvalue weighted by Gasteiger charge is 2.23. The van der Waals surface area contributed by atoms with E-state index in [1.54, 1.807) is 24.3 Å². The van der Waals surface area contributed by atoms with Crippen LogP contribution in [0.1, 0.15) is 35.3 Å². The molecule has 0 aliphatic heterocycles. The summed E-state index contributed by atoms with van der Waals surface area (Å²) in [6.07, 6.45) is 0. The van der Waals surface area contributed by atoms with E-state index in [4.69, 9.17) is 14.9 Å². The van der Waals surface area contributed by atoms with Crippen LogP contribution in [0.4, 0.5) is 0 Å². The van der Waals surface area contributed by atoms with Gasteiger partial charge >= 0.3 is 5.97 Å². The Kier molecular flexibility index (Phi) is 4.29. The fourth-order valence-corrected chi connectivity index (χ4v) is 2.24. The van der Waals surface area contributed by atoms with Crippen LogP contribution in [0.25, 0.3) is 0 Å². The summed E-state index contributed by atoms with van der Waals surface area (Å²) in [6, 6.07) is 14.4. The Labute approximate surface area is 123 Å². The van der Waals surface area contributed by atoms with Gasteiger partial charge in [0.25, 0.3) is 0 Å². The molecule has 0 unspecified atom stereocenters. The summed E-state index contributed by atoms with van der Waals surface area (Å²) in [6.45, 7) is 3.80. The molecule has 4 heteroatoms. The smallest absolute Gasteiger partial charge is 0.335 e. The van der Waals surface area contributed by atoms with E-state index in [1.165, 1.54) is 0 Å². The number of carboxylic acid groups (broad SMARTS) is 1. The summed E-state index contributed by atoms with van der Waals surface area (Å²) in [4.78, 5) is 10.9. The van der Waals surface area contributed by atoms with E-state index < -0.39 is 5.97 Å². The van der Waals surface area contributed by atoms with Crippen LogP contribution in [0.5, 0.6) is 5.75 Å². The molecule has 0 spiro atoms. The SMILES string of the molecule is CC(C)(c1ccc(OCO)cc1)c1ccc(C(=O)O)cc1. The molecule has 0 saturated heterocycles. The highest BCUT2D eigenvalue weighted by molar-refractivity contribution is 5.87. The maximum absolute atomic E-state index is 10.9. The van der Waals surface area contributed by atoms with Crippen LogP contribution in [0.3, 0.4) is 0 Å². The summed E-state index contributed by atoms with van der Waals surface area (Å²) < 4.78 is 5.01. The molecule has 2 aromatic rings. The van der Waals surface area contributed by atoms with Crippen molar-refractivity contribution in [2.75, 3.05) is 6.79 Å². The van der Waals surface area contributed by atoms with Gasteiger partial charge in [-0.25, -0.2) is 4.79 Å². The van der Waals surface area contributed by atoms with Crippen molar-refractivity contribution in [1.82, 2.24) is 0 Å². The van der Waals surface area contributed by atoms with E-state index in [0.29, 0.717) is 5.75 Å². The Hall–Kier alpha value is -2.33. The molecule has 0 aliphatic carbocycles. The first kappa shape index (κ1) is 15.1. The summed E-state index contributed by atoms with van der Waals surface area (Å²) in [5.74, 6) is -0.317. The van der Waals surface area contributed by atoms with Crippen LogP contribution >= 0.6 is 0 Å². The minimum atomic E-state index is -0.926. The van der Waals surface area contributed by atoms with Gasteiger partial charge in [0.1, 0.15) is 5.75 Å².